The molecule has 4 rings (SSSR count). The molecule has 0 saturated carbocycles. The lowest BCUT2D eigenvalue weighted by Gasteiger charge is -2.26. The Bertz CT molecular complexity index is 1090. The van der Waals surface area contributed by atoms with E-state index in [0.717, 1.165) is 43.9 Å². The third-order valence-corrected chi connectivity index (χ3v) is 5.65. The molecule has 3 nitrogen and oxygen atoms in total. The summed E-state index contributed by atoms with van der Waals surface area (Å²) in [7, 11) is 0. The number of halogens is 4. The van der Waals surface area contributed by atoms with E-state index in [4.69, 9.17) is 9.47 Å². The predicted octanol–water partition coefficient (Wildman–Crippen LogP) is 6.06. The van der Waals surface area contributed by atoms with Crippen molar-refractivity contribution in [3.05, 3.63) is 101 Å². The van der Waals surface area contributed by atoms with Crippen molar-refractivity contribution in [1.29, 1.82) is 0 Å². The molecular weight excluding hydrogens is 446 g/mol. The summed E-state index contributed by atoms with van der Waals surface area (Å²) in [4.78, 5) is 2.24. The molecule has 0 radical (unpaired) electrons. The fourth-order valence-electron chi connectivity index (χ4n) is 3.96. The molecule has 1 fully saturated rings. The summed E-state index contributed by atoms with van der Waals surface area (Å²) in [5.41, 5.74) is -0.0821. The lowest BCUT2D eigenvalue weighted by atomic mass is 9.89. The molecule has 0 atom stereocenters. The number of ether oxygens (including phenoxy) is 2. The molecule has 178 valence electrons. The summed E-state index contributed by atoms with van der Waals surface area (Å²) < 4.78 is 67.7. The van der Waals surface area contributed by atoms with Crippen molar-refractivity contribution < 1.29 is 27.0 Å². The van der Waals surface area contributed by atoms with Crippen LogP contribution in [0.2, 0.25) is 0 Å². The van der Waals surface area contributed by atoms with Crippen molar-refractivity contribution in [2.75, 3.05) is 39.5 Å². The van der Waals surface area contributed by atoms with Crippen LogP contribution in [0.4, 0.5) is 17.6 Å². The van der Waals surface area contributed by atoms with Crippen molar-refractivity contribution in [3.8, 4) is 5.75 Å². The maximum absolute atomic E-state index is 14.4. The Morgan fingerprint density at radius 1 is 0.794 bits per heavy atom. The summed E-state index contributed by atoms with van der Waals surface area (Å²) in [6, 6.07) is 19.4. The maximum atomic E-state index is 14.4. The van der Waals surface area contributed by atoms with Crippen LogP contribution >= 0.6 is 0 Å². The molecule has 0 unspecified atom stereocenters. The van der Waals surface area contributed by atoms with Gasteiger partial charge in [-0.05, 0) is 41.0 Å². The van der Waals surface area contributed by atoms with Gasteiger partial charge >= 0.3 is 6.18 Å². The lowest BCUT2D eigenvalue weighted by Crippen LogP contribution is -2.38. The van der Waals surface area contributed by atoms with E-state index in [1.165, 1.54) is 0 Å². The Balaban J connectivity index is 1.66. The number of allylic oxidation sites excluding steroid dienone is 1. The van der Waals surface area contributed by atoms with Crippen LogP contribution in [0.5, 0.6) is 5.75 Å². The van der Waals surface area contributed by atoms with Gasteiger partial charge in [0, 0.05) is 25.2 Å². The molecule has 1 aliphatic heterocycles. The fourth-order valence-corrected chi connectivity index (χ4v) is 3.96. The zero-order valence-corrected chi connectivity index (χ0v) is 18.5. The Labute approximate surface area is 196 Å². The van der Waals surface area contributed by atoms with Crippen LogP contribution in [0.1, 0.15) is 16.7 Å². The van der Waals surface area contributed by atoms with Gasteiger partial charge in [-0.3, -0.25) is 4.90 Å². The second-order valence-corrected chi connectivity index (χ2v) is 7.95. The van der Waals surface area contributed by atoms with Crippen molar-refractivity contribution in [2.24, 2.45) is 0 Å². The van der Waals surface area contributed by atoms with Crippen LogP contribution in [-0.4, -0.2) is 50.5 Å². The highest BCUT2D eigenvalue weighted by atomic mass is 19.4. The number of morpholine rings is 1. The predicted molar refractivity (Wildman–Crippen MR) is 124 cm³/mol. The number of hydrogen-bond donors (Lipinski definition) is 0. The summed E-state index contributed by atoms with van der Waals surface area (Å²) in [5.74, 6) is -0.00937. The van der Waals surface area contributed by atoms with Crippen LogP contribution < -0.4 is 4.74 Å². The minimum absolute atomic E-state index is 0.0274. The fraction of sp³-hybridized carbons (Fsp3) is 0.259. The molecule has 34 heavy (non-hydrogen) atoms. The van der Waals surface area contributed by atoms with Gasteiger partial charge in [0.05, 0.1) is 18.8 Å². The van der Waals surface area contributed by atoms with Gasteiger partial charge in [0.15, 0.2) is 0 Å². The Morgan fingerprint density at radius 3 is 2.00 bits per heavy atom. The van der Waals surface area contributed by atoms with Gasteiger partial charge in [-0.1, -0.05) is 54.6 Å². The minimum atomic E-state index is -4.66. The van der Waals surface area contributed by atoms with Gasteiger partial charge < -0.3 is 9.47 Å². The lowest BCUT2D eigenvalue weighted by molar-refractivity contribution is -0.0685. The van der Waals surface area contributed by atoms with Gasteiger partial charge in [-0.2, -0.15) is 13.2 Å². The molecule has 3 aromatic carbocycles. The smallest absolute Gasteiger partial charge is 0.417 e. The van der Waals surface area contributed by atoms with Gasteiger partial charge in [0.1, 0.15) is 18.2 Å². The first-order valence-electron chi connectivity index (χ1n) is 11.1. The third-order valence-electron chi connectivity index (χ3n) is 5.65. The first-order valence-corrected chi connectivity index (χ1v) is 11.1. The summed E-state index contributed by atoms with van der Waals surface area (Å²) in [6.45, 7) is 4.36. The number of benzene rings is 3. The maximum Gasteiger partial charge on any atom is 0.417 e. The van der Waals surface area contributed by atoms with E-state index >= 15 is 0 Å². The van der Waals surface area contributed by atoms with E-state index in [9.17, 15) is 17.6 Å². The highest BCUT2D eigenvalue weighted by Gasteiger charge is 2.38. The first kappa shape index (κ1) is 24.0. The third kappa shape index (κ3) is 6.04. The zero-order chi connectivity index (χ0) is 24.0. The van der Waals surface area contributed by atoms with E-state index in [-0.39, 0.29) is 11.1 Å². The SMILES string of the molecule is Fc1ccc(C(=C(c2ccccc2)c2ccc(OCCN3CCOCC3)cc2)C(F)(F)F)cc1. The van der Waals surface area contributed by atoms with Crippen LogP contribution in [0.25, 0.3) is 11.1 Å². The van der Waals surface area contributed by atoms with Crippen LogP contribution in [-0.2, 0) is 4.74 Å². The standard InChI is InChI=1S/C27H25F4NO2/c28-23-10-6-22(7-11-23)26(27(29,30)31)25(20-4-2-1-3-5-20)21-8-12-24(13-9-21)34-19-16-32-14-17-33-18-15-32/h1-13H,14-19H2. The molecule has 0 amide bonds. The number of nitrogens with zero attached hydrogens (tertiary/aromatic N) is 1. The summed E-state index contributed by atoms with van der Waals surface area (Å²) >= 11 is 0. The van der Waals surface area contributed by atoms with Gasteiger partial charge in [-0.15, -0.1) is 0 Å². The number of alkyl halides is 3. The van der Waals surface area contributed by atoms with Crippen molar-refractivity contribution >= 4 is 11.1 Å². The van der Waals surface area contributed by atoms with E-state index in [0.29, 0.717) is 36.7 Å². The minimum Gasteiger partial charge on any atom is -0.492 e. The average molecular weight is 471 g/mol. The first-order chi connectivity index (χ1) is 16.4. The summed E-state index contributed by atoms with van der Waals surface area (Å²) in [5, 5.41) is 0. The van der Waals surface area contributed by atoms with Crippen LogP contribution in [0.15, 0.2) is 78.9 Å². The van der Waals surface area contributed by atoms with Crippen molar-refractivity contribution in [1.82, 2.24) is 4.90 Å². The highest BCUT2D eigenvalue weighted by Crippen LogP contribution is 2.42. The van der Waals surface area contributed by atoms with Crippen molar-refractivity contribution in [3.63, 3.8) is 0 Å². The quantitative estimate of drug-likeness (QED) is 0.309. The molecule has 0 aromatic heterocycles. The van der Waals surface area contributed by atoms with Crippen LogP contribution in [0, 0.1) is 5.82 Å². The molecule has 7 heteroatoms. The van der Waals surface area contributed by atoms with E-state index in [2.05, 4.69) is 4.90 Å². The highest BCUT2D eigenvalue weighted by molar-refractivity contribution is 6.00. The monoisotopic (exact) mass is 471 g/mol. The second kappa shape index (κ2) is 10.8. The Hall–Kier alpha value is -3.16. The van der Waals surface area contributed by atoms with Gasteiger partial charge in [0.2, 0.25) is 0 Å². The zero-order valence-electron chi connectivity index (χ0n) is 18.5. The summed E-state index contributed by atoms with van der Waals surface area (Å²) in [6.07, 6.45) is -4.66. The average Bonchev–Trinajstić information content (AvgIpc) is 2.84. The van der Waals surface area contributed by atoms with Gasteiger partial charge in [0.25, 0.3) is 0 Å². The number of hydrogen-bond acceptors (Lipinski definition) is 3. The van der Waals surface area contributed by atoms with Gasteiger partial charge in [-0.25, -0.2) is 4.39 Å². The normalized spacial score (nSPS) is 15.6. The van der Waals surface area contributed by atoms with E-state index < -0.39 is 17.6 Å². The van der Waals surface area contributed by atoms with E-state index in [1.807, 2.05) is 0 Å². The Kier molecular flexibility index (Phi) is 7.65. The molecular formula is C27H25F4NO2. The molecule has 0 bridgehead atoms. The molecule has 1 heterocycles. The molecule has 1 saturated heterocycles. The molecule has 3 aromatic rings. The topological polar surface area (TPSA) is 21.7 Å². The number of rotatable bonds is 7. The molecule has 0 spiro atoms. The molecule has 0 aliphatic carbocycles. The van der Waals surface area contributed by atoms with Crippen LogP contribution in [0.3, 0.4) is 0 Å². The second-order valence-electron chi connectivity index (χ2n) is 7.95. The van der Waals surface area contributed by atoms with Crippen molar-refractivity contribution in [2.45, 2.75) is 6.18 Å². The molecule has 0 N–H and O–H groups in total. The largest absolute Gasteiger partial charge is 0.492 e. The molecule has 1 aliphatic rings. The van der Waals surface area contributed by atoms with E-state index in [1.54, 1.807) is 54.6 Å². The Morgan fingerprint density at radius 2 is 1.38 bits per heavy atom.